The predicted octanol–water partition coefficient (Wildman–Crippen LogP) is 2.31. The van der Waals surface area contributed by atoms with E-state index >= 15 is 0 Å². The van der Waals surface area contributed by atoms with Gasteiger partial charge in [0.25, 0.3) is 0 Å². The van der Waals surface area contributed by atoms with Gasteiger partial charge in [0.15, 0.2) is 0 Å². The molecule has 0 aromatic carbocycles. The third-order valence-electron chi connectivity index (χ3n) is 5.47. The van der Waals surface area contributed by atoms with Gasteiger partial charge < -0.3 is 21.3 Å². The third kappa shape index (κ3) is 5.71. The summed E-state index contributed by atoms with van der Waals surface area (Å²) in [5, 5.41) is 6.62. The first kappa shape index (κ1) is 20.6. The van der Waals surface area contributed by atoms with Crippen LogP contribution >= 0.6 is 0 Å². The molecule has 28 heavy (non-hydrogen) atoms. The number of carbonyl (C=O) groups excluding carboxylic acids is 1. The molecule has 0 saturated heterocycles. The first-order chi connectivity index (χ1) is 13.3. The maximum atomic E-state index is 12.4. The number of nitrogens with zero attached hydrogens (tertiary/aromatic N) is 2. The average Bonchev–Trinajstić information content (AvgIpc) is 3.44. The summed E-state index contributed by atoms with van der Waals surface area (Å²) in [6.45, 7) is 8.87. The molecule has 1 amide bonds. The number of allylic oxidation sites excluding steroid dienone is 2. The second-order valence-electron chi connectivity index (χ2n) is 8.82. The monoisotopic (exact) mass is 385 g/mol. The first-order valence-corrected chi connectivity index (χ1v) is 10.5. The topological polar surface area (TPSA) is 82.8 Å². The second kappa shape index (κ2) is 8.95. The van der Waals surface area contributed by atoms with Gasteiger partial charge in [-0.3, -0.25) is 4.79 Å². The molecule has 1 fully saturated rings. The van der Waals surface area contributed by atoms with Crippen molar-refractivity contribution in [3.63, 3.8) is 0 Å². The fourth-order valence-corrected chi connectivity index (χ4v) is 3.73. The van der Waals surface area contributed by atoms with Gasteiger partial charge in [0.2, 0.25) is 5.91 Å². The van der Waals surface area contributed by atoms with Gasteiger partial charge in [-0.25, -0.2) is 4.99 Å². The second-order valence-corrected chi connectivity index (χ2v) is 8.82. The first-order valence-electron chi connectivity index (χ1n) is 10.5. The SMILES string of the molecule is CC1=CC(N=C(N)C2=C(NCC3CC3)CCN(C)C2)=CC(C(=O)NC(C)C)C1. The highest BCUT2D eigenvalue weighted by Gasteiger charge is 2.25. The highest BCUT2D eigenvalue weighted by atomic mass is 16.1. The Balaban J connectivity index is 1.80. The summed E-state index contributed by atoms with van der Waals surface area (Å²) in [5.41, 5.74) is 10.7. The summed E-state index contributed by atoms with van der Waals surface area (Å²) < 4.78 is 0. The molecule has 6 heteroatoms. The van der Waals surface area contributed by atoms with Crippen molar-refractivity contribution in [1.82, 2.24) is 15.5 Å². The number of likely N-dealkylation sites (N-methyl/N-ethyl adjacent to an activating group) is 1. The van der Waals surface area contributed by atoms with E-state index in [9.17, 15) is 4.79 Å². The van der Waals surface area contributed by atoms with Crippen LogP contribution < -0.4 is 16.4 Å². The maximum absolute atomic E-state index is 12.4. The molecule has 0 aromatic rings. The van der Waals surface area contributed by atoms with Crippen LogP contribution in [0.25, 0.3) is 0 Å². The minimum absolute atomic E-state index is 0.0529. The molecule has 1 unspecified atom stereocenters. The van der Waals surface area contributed by atoms with E-state index in [4.69, 9.17) is 10.7 Å². The van der Waals surface area contributed by atoms with E-state index in [1.165, 1.54) is 18.5 Å². The molecule has 4 N–H and O–H groups in total. The molecule has 3 aliphatic rings. The van der Waals surface area contributed by atoms with E-state index in [-0.39, 0.29) is 17.9 Å². The van der Waals surface area contributed by atoms with Crippen LogP contribution in [0, 0.1) is 11.8 Å². The van der Waals surface area contributed by atoms with Crippen molar-refractivity contribution in [2.75, 3.05) is 26.7 Å². The lowest BCUT2D eigenvalue weighted by Crippen LogP contribution is -2.37. The molecule has 2 aliphatic carbocycles. The number of rotatable bonds is 7. The van der Waals surface area contributed by atoms with Crippen LogP contribution in [0.15, 0.2) is 39.7 Å². The normalized spacial score (nSPS) is 24.2. The van der Waals surface area contributed by atoms with Gasteiger partial charge in [-0.15, -0.1) is 0 Å². The summed E-state index contributed by atoms with van der Waals surface area (Å²) >= 11 is 0. The zero-order valence-corrected chi connectivity index (χ0v) is 17.7. The number of hydrogen-bond donors (Lipinski definition) is 3. The maximum Gasteiger partial charge on any atom is 0.227 e. The van der Waals surface area contributed by atoms with Crippen molar-refractivity contribution in [2.24, 2.45) is 22.6 Å². The predicted molar refractivity (Wildman–Crippen MR) is 115 cm³/mol. The molecule has 1 aliphatic heterocycles. The van der Waals surface area contributed by atoms with Gasteiger partial charge in [-0.05, 0) is 65.2 Å². The fraction of sp³-hybridized carbons (Fsp3) is 0.636. The number of aliphatic imine (C=N–C) groups is 1. The van der Waals surface area contributed by atoms with E-state index in [2.05, 4.69) is 22.6 Å². The van der Waals surface area contributed by atoms with Crippen molar-refractivity contribution >= 4 is 11.7 Å². The lowest BCUT2D eigenvalue weighted by molar-refractivity contribution is -0.124. The quantitative estimate of drug-likeness (QED) is 0.464. The molecule has 3 rings (SSSR count). The van der Waals surface area contributed by atoms with Crippen LogP contribution in [0.2, 0.25) is 0 Å². The van der Waals surface area contributed by atoms with Gasteiger partial charge in [0.1, 0.15) is 5.84 Å². The number of amides is 1. The number of amidine groups is 1. The molecule has 0 radical (unpaired) electrons. The van der Waals surface area contributed by atoms with Crippen LogP contribution in [0.4, 0.5) is 0 Å². The van der Waals surface area contributed by atoms with Crippen molar-refractivity contribution in [1.29, 1.82) is 0 Å². The standard InChI is InChI=1S/C22H35N5O/c1-14(2)25-22(28)17-9-15(3)10-18(11-17)26-21(23)19-13-27(4)8-7-20(19)24-12-16-5-6-16/h10-11,14,16-17,24H,5-9,12-13H2,1-4H3,(H2,23,26)(H,25,28). The number of hydrogen-bond acceptors (Lipinski definition) is 4. The van der Waals surface area contributed by atoms with Gasteiger partial charge in [-0.2, -0.15) is 0 Å². The van der Waals surface area contributed by atoms with Crippen molar-refractivity contribution in [3.8, 4) is 0 Å². The van der Waals surface area contributed by atoms with E-state index in [0.29, 0.717) is 5.84 Å². The van der Waals surface area contributed by atoms with Crippen LogP contribution in [-0.2, 0) is 4.79 Å². The number of nitrogens with one attached hydrogen (secondary N) is 2. The Kier molecular flexibility index (Phi) is 6.60. The lowest BCUT2D eigenvalue weighted by atomic mass is 9.92. The lowest BCUT2D eigenvalue weighted by Gasteiger charge is -2.28. The molecule has 1 heterocycles. The molecule has 1 atom stereocenters. The van der Waals surface area contributed by atoms with Crippen LogP contribution in [0.5, 0.6) is 0 Å². The molecule has 0 bridgehead atoms. The van der Waals surface area contributed by atoms with Crippen LogP contribution in [0.3, 0.4) is 0 Å². The smallest absolute Gasteiger partial charge is 0.227 e. The Morgan fingerprint density at radius 3 is 2.82 bits per heavy atom. The van der Waals surface area contributed by atoms with E-state index in [1.807, 2.05) is 32.9 Å². The highest BCUT2D eigenvalue weighted by molar-refractivity contribution is 5.99. The van der Waals surface area contributed by atoms with E-state index in [0.717, 1.165) is 55.2 Å². The zero-order chi connectivity index (χ0) is 20.3. The zero-order valence-electron chi connectivity index (χ0n) is 17.7. The largest absolute Gasteiger partial charge is 0.388 e. The molecule has 154 valence electrons. The fourth-order valence-electron chi connectivity index (χ4n) is 3.73. The van der Waals surface area contributed by atoms with E-state index in [1.54, 1.807) is 0 Å². The van der Waals surface area contributed by atoms with Crippen LogP contribution in [0.1, 0.15) is 46.5 Å². The Bertz CT molecular complexity index is 727. The van der Waals surface area contributed by atoms with Crippen molar-refractivity contribution < 1.29 is 4.79 Å². The van der Waals surface area contributed by atoms with Gasteiger partial charge in [0.05, 0.1) is 11.6 Å². The summed E-state index contributed by atoms with van der Waals surface area (Å²) in [7, 11) is 2.11. The summed E-state index contributed by atoms with van der Waals surface area (Å²) in [5.74, 6) is 1.25. The Labute approximate surface area is 169 Å². The summed E-state index contributed by atoms with van der Waals surface area (Å²) in [6.07, 6.45) is 8.35. The van der Waals surface area contributed by atoms with Gasteiger partial charge >= 0.3 is 0 Å². The average molecular weight is 386 g/mol. The van der Waals surface area contributed by atoms with E-state index < -0.39 is 0 Å². The molecular weight excluding hydrogens is 350 g/mol. The Morgan fingerprint density at radius 1 is 1.39 bits per heavy atom. The van der Waals surface area contributed by atoms with Crippen LogP contribution in [-0.4, -0.2) is 49.4 Å². The molecule has 6 nitrogen and oxygen atoms in total. The summed E-state index contributed by atoms with van der Waals surface area (Å²) in [4.78, 5) is 19.4. The summed E-state index contributed by atoms with van der Waals surface area (Å²) in [6, 6.07) is 0.132. The third-order valence-corrected chi connectivity index (χ3v) is 5.47. The number of carbonyl (C=O) groups is 1. The highest BCUT2D eigenvalue weighted by Crippen LogP contribution is 2.29. The van der Waals surface area contributed by atoms with Crippen molar-refractivity contribution in [2.45, 2.75) is 52.5 Å². The van der Waals surface area contributed by atoms with Gasteiger partial charge in [-0.1, -0.05) is 5.57 Å². The molecule has 0 spiro atoms. The Morgan fingerprint density at radius 2 is 2.14 bits per heavy atom. The van der Waals surface area contributed by atoms with Crippen molar-refractivity contribution in [3.05, 3.63) is 34.7 Å². The minimum Gasteiger partial charge on any atom is -0.388 e. The Hall–Kier alpha value is -2.08. The molecule has 0 aromatic heterocycles. The van der Waals surface area contributed by atoms with Gasteiger partial charge in [0, 0.05) is 43.4 Å². The molecule has 1 saturated carbocycles. The molecular formula is C22H35N5O. The minimum atomic E-state index is -0.186. The number of nitrogens with two attached hydrogens (primary N) is 1.